The van der Waals surface area contributed by atoms with Crippen molar-refractivity contribution >= 4 is 11.7 Å². The van der Waals surface area contributed by atoms with Gasteiger partial charge in [-0.1, -0.05) is 24.3 Å². The molecule has 2 amide bonds. The molecule has 2 heterocycles. The maximum atomic E-state index is 13.4. The summed E-state index contributed by atoms with van der Waals surface area (Å²) < 4.78 is 26.5. The summed E-state index contributed by atoms with van der Waals surface area (Å²) in [6.45, 7) is 5.45. The number of anilines is 1. The van der Waals surface area contributed by atoms with E-state index in [4.69, 9.17) is 0 Å². The molecule has 0 spiro atoms. The summed E-state index contributed by atoms with van der Waals surface area (Å²) in [5, 5.41) is 5.88. The van der Waals surface area contributed by atoms with Crippen molar-refractivity contribution in [3.8, 4) is 0 Å². The van der Waals surface area contributed by atoms with Gasteiger partial charge in [0.1, 0.15) is 0 Å². The van der Waals surface area contributed by atoms with E-state index in [-0.39, 0.29) is 6.03 Å². The summed E-state index contributed by atoms with van der Waals surface area (Å²) in [6, 6.07) is 12.4. The maximum Gasteiger partial charge on any atom is 0.314 e. The van der Waals surface area contributed by atoms with Crippen molar-refractivity contribution in [2.24, 2.45) is 5.92 Å². The Labute approximate surface area is 176 Å². The molecule has 7 heteroatoms. The lowest BCUT2D eigenvalue weighted by atomic mass is 10.00. The maximum absolute atomic E-state index is 13.4. The van der Waals surface area contributed by atoms with E-state index in [1.54, 1.807) is 6.07 Å². The Bertz CT molecular complexity index is 891. The number of nitrogens with zero attached hydrogens (tertiary/aromatic N) is 2. The molecule has 30 heavy (non-hydrogen) atoms. The van der Waals surface area contributed by atoms with E-state index in [1.807, 2.05) is 4.90 Å². The largest absolute Gasteiger partial charge is 0.371 e. The molecule has 2 aliphatic rings. The quantitative estimate of drug-likeness (QED) is 0.764. The fourth-order valence-corrected chi connectivity index (χ4v) is 4.29. The molecule has 0 saturated carbocycles. The van der Waals surface area contributed by atoms with E-state index in [0.717, 1.165) is 51.6 Å². The zero-order valence-corrected chi connectivity index (χ0v) is 17.0. The highest BCUT2D eigenvalue weighted by atomic mass is 19.2. The first-order valence-corrected chi connectivity index (χ1v) is 10.6. The van der Waals surface area contributed by atoms with Crippen molar-refractivity contribution in [3.05, 3.63) is 65.2 Å². The molecule has 2 aliphatic heterocycles. The first kappa shape index (κ1) is 20.6. The van der Waals surface area contributed by atoms with Crippen LogP contribution in [0.2, 0.25) is 0 Å². The van der Waals surface area contributed by atoms with Gasteiger partial charge in [0, 0.05) is 57.6 Å². The molecule has 2 N–H and O–H groups in total. The zero-order valence-electron chi connectivity index (χ0n) is 17.0. The molecule has 0 bridgehead atoms. The molecule has 1 atom stereocenters. The summed E-state index contributed by atoms with van der Waals surface area (Å²) in [4.78, 5) is 16.5. The molecule has 1 fully saturated rings. The van der Waals surface area contributed by atoms with Gasteiger partial charge in [-0.05, 0) is 42.0 Å². The van der Waals surface area contributed by atoms with Crippen molar-refractivity contribution < 1.29 is 13.6 Å². The van der Waals surface area contributed by atoms with Crippen molar-refractivity contribution in [1.82, 2.24) is 15.5 Å². The normalized spacial score (nSPS) is 18.9. The monoisotopic (exact) mass is 414 g/mol. The van der Waals surface area contributed by atoms with Gasteiger partial charge >= 0.3 is 6.03 Å². The average Bonchev–Trinajstić information content (AvgIpc) is 3.23. The number of rotatable bonds is 6. The molecule has 0 aromatic heterocycles. The minimum Gasteiger partial charge on any atom is -0.371 e. The number of hydrogen-bond acceptors (Lipinski definition) is 3. The first-order chi connectivity index (χ1) is 14.6. The minimum atomic E-state index is -0.832. The summed E-state index contributed by atoms with van der Waals surface area (Å²) in [5.41, 5.74) is 3.48. The molecule has 2 aromatic rings. The third kappa shape index (κ3) is 5.08. The van der Waals surface area contributed by atoms with Crippen molar-refractivity contribution in [1.29, 1.82) is 0 Å². The van der Waals surface area contributed by atoms with Crippen LogP contribution in [0.3, 0.4) is 0 Å². The molecule has 2 aromatic carbocycles. The summed E-state index contributed by atoms with van der Waals surface area (Å²) in [5.74, 6) is -1.37. The molecule has 1 saturated heterocycles. The minimum absolute atomic E-state index is 0.154. The second-order valence-corrected chi connectivity index (χ2v) is 8.13. The van der Waals surface area contributed by atoms with Gasteiger partial charge in [-0.15, -0.1) is 0 Å². The van der Waals surface area contributed by atoms with Crippen LogP contribution in [-0.2, 0) is 13.0 Å². The van der Waals surface area contributed by atoms with Crippen LogP contribution < -0.4 is 15.5 Å². The molecule has 5 nitrogen and oxygen atoms in total. The van der Waals surface area contributed by atoms with Crippen LogP contribution in [0, 0.1) is 17.6 Å². The Morgan fingerprint density at radius 3 is 2.70 bits per heavy atom. The second-order valence-electron chi connectivity index (χ2n) is 8.13. The van der Waals surface area contributed by atoms with E-state index in [1.165, 1.54) is 17.2 Å². The number of halogens is 2. The standard InChI is InChI=1S/C23H28F2N4O/c24-21-6-5-20(13-22(21)25)29-11-7-17(15-29)14-27-23(30)26-9-12-28-10-8-18-3-1-2-4-19(18)16-28/h1-6,13,17H,7-12,14-16H2,(H2,26,27,30). The van der Waals surface area contributed by atoms with Gasteiger partial charge in [-0.2, -0.15) is 0 Å². The third-order valence-corrected chi connectivity index (χ3v) is 6.03. The lowest BCUT2D eigenvalue weighted by Crippen LogP contribution is -2.43. The molecular weight excluding hydrogens is 386 g/mol. The Kier molecular flexibility index (Phi) is 6.47. The van der Waals surface area contributed by atoms with E-state index < -0.39 is 11.6 Å². The number of hydrogen-bond donors (Lipinski definition) is 2. The molecule has 160 valence electrons. The van der Waals surface area contributed by atoms with Crippen molar-refractivity contribution in [2.45, 2.75) is 19.4 Å². The smallest absolute Gasteiger partial charge is 0.314 e. The molecule has 4 rings (SSSR count). The predicted octanol–water partition coefficient (Wildman–Crippen LogP) is 3.15. The third-order valence-electron chi connectivity index (χ3n) is 6.03. The van der Waals surface area contributed by atoms with Crippen LogP contribution in [0.4, 0.5) is 19.3 Å². The average molecular weight is 415 g/mol. The van der Waals surface area contributed by atoms with Crippen LogP contribution in [-0.4, -0.2) is 50.2 Å². The molecular formula is C23H28F2N4O. The lowest BCUT2D eigenvalue weighted by molar-refractivity contribution is 0.229. The number of fused-ring (bicyclic) bond motifs is 1. The fourth-order valence-electron chi connectivity index (χ4n) is 4.29. The Morgan fingerprint density at radius 2 is 1.87 bits per heavy atom. The number of amides is 2. The Morgan fingerprint density at radius 1 is 1.03 bits per heavy atom. The molecule has 0 aliphatic carbocycles. The number of carbonyl (C=O) groups is 1. The Hall–Kier alpha value is -2.67. The summed E-state index contributed by atoms with van der Waals surface area (Å²) in [6.07, 6.45) is 1.96. The van der Waals surface area contributed by atoms with Gasteiger partial charge in [0.2, 0.25) is 0 Å². The van der Waals surface area contributed by atoms with E-state index >= 15 is 0 Å². The van der Waals surface area contributed by atoms with Gasteiger partial charge in [0.25, 0.3) is 0 Å². The van der Waals surface area contributed by atoms with Gasteiger partial charge < -0.3 is 15.5 Å². The van der Waals surface area contributed by atoms with Crippen LogP contribution in [0.1, 0.15) is 17.5 Å². The SMILES string of the molecule is O=C(NCCN1CCc2ccccc2C1)NCC1CCN(c2ccc(F)c(F)c2)C1. The zero-order chi connectivity index (χ0) is 20.9. The predicted molar refractivity (Wildman–Crippen MR) is 114 cm³/mol. The van der Waals surface area contributed by atoms with Gasteiger partial charge in [-0.3, -0.25) is 4.90 Å². The highest BCUT2D eigenvalue weighted by Crippen LogP contribution is 2.25. The number of urea groups is 1. The summed E-state index contributed by atoms with van der Waals surface area (Å²) in [7, 11) is 0. The van der Waals surface area contributed by atoms with E-state index in [2.05, 4.69) is 39.8 Å². The molecule has 1 unspecified atom stereocenters. The van der Waals surface area contributed by atoms with Gasteiger partial charge in [0.05, 0.1) is 0 Å². The summed E-state index contributed by atoms with van der Waals surface area (Å²) >= 11 is 0. The van der Waals surface area contributed by atoms with E-state index in [0.29, 0.717) is 24.7 Å². The topological polar surface area (TPSA) is 47.6 Å². The second kappa shape index (κ2) is 9.43. The van der Waals surface area contributed by atoms with Crippen LogP contribution in [0.5, 0.6) is 0 Å². The number of carbonyl (C=O) groups excluding carboxylic acids is 1. The molecule has 0 radical (unpaired) electrons. The van der Waals surface area contributed by atoms with Gasteiger partial charge in [-0.25, -0.2) is 13.6 Å². The number of benzene rings is 2. The highest BCUT2D eigenvalue weighted by molar-refractivity contribution is 5.73. The van der Waals surface area contributed by atoms with Crippen LogP contribution >= 0.6 is 0 Å². The van der Waals surface area contributed by atoms with Crippen LogP contribution in [0.25, 0.3) is 0 Å². The highest BCUT2D eigenvalue weighted by Gasteiger charge is 2.24. The lowest BCUT2D eigenvalue weighted by Gasteiger charge is -2.28. The first-order valence-electron chi connectivity index (χ1n) is 10.6. The van der Waals surface area contributed by atoms with Gasteiger partial charge in [0.15, 0.2) is 11.6 Å². The fraction of sp³-hybridized carbons (Fsp3) is 0.435. The van der Waals surface area contributed by atoms with Crippen molar-refractivity contribution in [3.63, 3.8) is 0 Å². The van der Waals surface area contributed by atoms with E-state index in [9.17, 15) is 13.6 Å². The number of nitrogens with one attached hydrogen (secondary N) is 2. The Balaban J connectivity index is 1.14. The van der Waals surface area contributed by atoms with Crippen LogP contribution in [0.15, 0.2) is 42.5 Å². The van der Waals surface area contributed by atoms with Crippen molar-refractivity contribution in [2.75, 3.05) is 44.2 Å².